The van der Waals surface area contributed by atoms with E-state index in [0.717, 1.165) is 12.3 Å². The number of carbonyl (C=O) groups is 1. The lowest BCUT2D eigenvalue weighted by molar-refractivity contribution is -0.384. The third kappa shape index (κ3) is 3.64. The zero-order valence-corrected chi connectivity index (χ0v) is 11.3. The number of carboxylic acid groups (broad SMARTS) is 1. The Hall–Kier alpha value is -2.22. The highest BCUT2D eigenvalue weighted by Crippen LogP contribution is 2.28. The number of aromatic nitrogens is 1. The fourth-order valence-electron chi connectivity index (χ4n) is 1.67. The van der Waals surface area contributed by atoms with Crippen molar-refractivity contribution in [1.82, 2.24) is 4.98 Å². The Balaban J connectivity index is 3.17. The lowest BCUT2D eigenvalue weighted by atomic mass is 9.95. The van der Waals surface area contributed by atoms with Crippen molar-refractivity contribution < 1.29 is 19.9 Å². The molecule has 0 fully saturated rings. The van der Waals surface area contributed by atoms with Crippen LogP contribution in [0.15, 0.2) is 12.3 Å². The minimum absolute atomic E-state index is 0.00204. The van der Waals surface area contributed by atoms with Crippen LogP contribution in [0.5, 0.6) is 0 Å². The highest BCUT2D eigenvalue weighted by molar-refractivity contribution is 5.88. The van der Waals surface area contributed by atoms with Gasteiger partial charge in [-0.05, 0) is 19.8 Å². The fourth-order valence-corrected chi connectivity index (χ4v) is 1.67. The van der Waals surface area contributed by atoms with E-state index in [0.29, 0.717) is 12.8 Å². The van der Waals surface area contributed by atoms with Crippen LogP contribution in [0, 0.1) is 10.1 Å². The maximum Gasteiger partial charge on any atom is 0.337 e. The molecule has 20 heavy (non-hydrogen) atoms. The van der Waals surface area contributed by atoms with Gasteiger partial charge < -0.3 is 15.5 Å². The molecule has 0 spiro atoms. The van der Waals surface area contributed by atoms with Gasteiger partial charge in [-0.3, -0.25) is 10.1 Å². The fraction of sp³-hybridized carbons (Fsp3) is 0.500. The molecule has 0 saturated carbocycles. The van der Waals surface area contributed by atoms with Crippen LogP contribution in [-0.2, 0) is 0 Å². The van der Waals surface area contributed by atoms with Crippen LogP contribution in [0.3, 0.4) is 0 Å². The number of nitro groups is 1. The molecule has 1 aromatic rings. The number of aromatic carboxylic acids is 1. The number of aliphatic hydroxyl groups is 1. The molecule has 1 aromatic heterocycles. The third-order valence-corrected chi connectivity index (χ3v) is 3.18. The molecular formula is C12H17N3O5. The van der Waals surface area contributed by atoms with Crippen LogP contribution < -0.4 is 5.32 Å². The van der Waals surface area contributed by atoms with Gasteiger partial charge in [0, 0.05) is 24.4 Å². The minimum Gasteiger partial charge on any atom is -0.478 e. The molecule has 0 aromatic carbocycles. The average molecular weight is 283 g/mol. The predicted octanol–water partition coefficient (Wildman–Crippen LogP) is 1.65. The lowest BCUT2D eigenvalue weighted by Crippen LogP contribution is -2.35. The third-order valence-electron chi connectivity index (χ3n) is 3.18. The topological polar surface area (TPSA) is 126 Å². The van der Waals surface area contributed by atoms with Crippen molar-refractivity contribution in [2.45, 2.75) is 32.2 Å². The number of hydrogen-bond acceptors (Lipinski definition) is 6. The highest BCUT2D eigenvalue weighted by Gasteiger charge is 2.27. The normalized spacial score (nSPS) is 13.6. The molecule has 0 aliphatic heterocycles. The Morgan fingerprint density at radius 3 is 2.70 bits per heavy atom. The average Bonchev–Trinajstić information content (AvgIpc) is 2.38. The van der Waals surface area contributed by atoms with E-state index < -0.39 is 22.1 Å². The molecule has 1 unspecified atom stereocenters. The summed E-state index contributed by atoms with van der Waals surface area (Å²) in [6.45, 7) is 3.61. The van der Waals surface area contributed by atoms with Crippen molar-refractivity contribution in [2.24, 2.45) is 0 Å². The predicted molar refractivity (Wildman–Crippen MR) is 71.9 cm³/mol. The summed E-state index contributed by atoms with van der Waals surface area (Å²) in [5.41, 5.74) is -1.21. The van der Waals surface area contributed by atoms with Crippen LogP contribution in [-0.4, -0.2) is 38.2 Å². The van der Waals surface area contributed by atoms with E-state index in [1.54, 1.807) is 6.92 Å². The van der Waals surface area contributed by atoms with Crippen molar-refractivity contribution in [3.63, 3.8) is 0 Å². The number of nitrogens with zero attached hydrogens (tertiary/aromatic N) is 2. The number of anilines is 1. The molecule has 1 heterocycles. The van der Waals surface area contributed by atoms with Gasteiger partial charge in [-0.1, -0.05) is 6.92 Å². The van der Waals surface area contributed by atoms with Crippen molar-refractivity contribution in [3.8, 4) is 0 Å². The summed E-state index contributed by atoms with van der Waals surface area (Å²) < 4.78 is 0. The minimum atomic E-state index is -1.28. The number of hydrogen-bond donors (Lipinski definition) is 3. The van der Waals surface area contributed by atoms with Gasteiger partial charge in [0.1, 0.15) is 0 Å². The first kappa shape index (κ1) is 15.8. The maximum atomic E-state index is 11.0. The molecule has 0 radical (unpaired) electrons. The highest BCUT2D eigenvalue weighted by atomic mass is 16.6. The Kier molecular flexibility index (Phi) is 4.98. The van der Waals surface area contributed by atoms with Crippen LogP contribution in [0.2, 0.25) is 0 Å². The van der Waals surface area contributed by atoms with Gasteiger partial charge in [0.2, 0.25) is 5.82 Å². The monoisotopic (exact) mass is 283 g/mol. The van der Waals surface area contributed by atoms with E-state index in [4.69, 9.17) is 10.2 Å². The molecule has 0 amide bonds. The first-order valence-corrected chi connectivity index (χ1v) is 6.09. The van der Waals surface area contributed by atoms with Gasteiger partial charge in [0.15, 0.2) is 0 Å². The van der Waals surface area contributed by atoms with Gasteiger partial charge in [0.25, 0.3) is 0 Å². The van der Waals surface area contributed by atoms with Gasteiger partial charge in [0.05, 0.1) is 10.5 Å². The summed E-state index contributed by atoms with van der Waals surface area (Å²) in [6, 6.07) is 0.965. The van der Waals surface area contributed by atoms with Gasteiger partial charge in [-0.2, -0.15) is 0 Å². The van der Waals surface area contributed by atoms with Crippen molar-refractivity contribution in [3.05, 3.63) is 27.9 Å². The van der Waals surface area contributed by atoms with Crippen molar-refractivity contribution in [2.75, 3.05) is 11.9 Å². The molecule has 8 heteroatoms. The van der Waals surface area contributed by atoms with Crippen LogP contribution >= 0.6 is 0 Å². The second-order valence-electron chi connectivity index (χ2n) is 4.67. The van der Waals surface area contributed by atoms with E-state index in [1.165, 1.54) is 0 Å². The van der Waals surface area contributed by atoms with Gasteiger partial charge in [-0.15, -0.1) is 0 Å². The molecule has 3 N–H and O–H groups in total. The van der Waals surface area contributed by atoms with E-state index in [9.17, 15) is 14.9 Å². The van der Waals surface area contributed by atoms with Crippen molar-refractivity contribution in [1.29, 1.82) is 0 Å². The van der Waals surface area contributed by atoms with E-state index in [2.05, 4.69) is 10.3 Å². The SMILES string of the molecule is CCC(C)(CCO)Nc1ncc(C(=O)O)cc1[N+](=O)[O-]. The van der Waals surface area contributed by atoms with Gasteiger partial charge in [-0.25, -0.2) is 9.78 Å². The summed E-state index contributed by atoms with van der Waals surface area (Å²) >= 11 is 0. The van der Waals surface area contributed by atoms with Crippen LogP contribution in [0.4, 0.5) is 11.5 Å². The first-order chi connectivity index (χ1) is 9.33. The molecule has 0 bridgehead atoms. The molecule has 8 nitrogen and oxygen atoms in total. The zero-order valence-electron chi connectivity index (χ0n) is 11.3. The molecule has 0 saturated heterocycles. The van der Waals surface area contributed by atoms with Crippen LogP contribution in [0.1, 0.15) is 37.0 Å². The second-order valence-corrected chi connectivity index (χ2v) is 4.67. The zero-order chi connectivity index (χ0) is 15.3. The standard InChI is InChI=1S/C12H17N3O5/c1-3-12(2,4-5-16)14-10-9(15(19)20)6-8(7-13-10)11(17)18/h6-7,16H,3-5H2,1-2H3,(H,13,14)(H,17,18). The maximum absolute atomic E-state index is 11.0. The molecule has 0 aliphatic rings. The summed E-state index contributed by atoms with van der Waals surface area (Å²) in [5.74, 6) is -1.28. The van der Waals surface area contributed by atoms with E-state index in [-0.39, 0.29) is 18.0 Å². The Labute approximate surface area is 115 Å². The van der Waals surface area contributed by atoms with Crippen molar-refractivity contribution >= 4 is 17.5 Å². The number of rotatable bonds is 7. The number of carboxylic acids is 1. The summed E-state index contributed by atoms with van der Waals surface area (Å²) in [5, 5.41) is 31.8. The number of pyridine rings is 1. The largest absolute Gasteiger partial charge is 0.478 e. The summed E-state index contributed by atoms with van der Waals surface area (Å²) in [7, 11) is 0. The van der Waals surface area contributed by atoms with Crippen LogP contribution in [0.25, 0.3) is 0 Å². The number of nitrogens with one attached hydrogen (secondary N) is 1. The lowest BCUT2D eigenvalue weighted by Gasteiger charge is -2.29. The molecule has 0 aliphatic carbocycles. The molecule has 1 atom stereocenters. The van der Waals surface area contributed by atoms with E-state index >= 15 is 0 Å². The first-order valence-electron chi connectivity index (χ1n) is 6.09. The number of aliphatic hydroxyl groups excluding tert-OH is 1. The Morgan fingerprint density at radius 1 is 1.60 bits per heavy atom. The molecular weight excluding hydrogens is 266 g/mol. The smallest absolute Gasteiger partial charge is 0.337 e. The second kappa shape index (κ2) is 6.29. The summed E-state index contributed by atoms with van der Waals surface area (Å²) in [6.07, 6.45) is 2.07. The van der Waals surface area contributed by atoms with Gasteiger partial charge >= 0.3 is 11.7 Å². The quantitative estimate of drug-likeness (QED) is 0.513. The summed E-state index contributed by atoms with van der Waals surface area (Å²) in [4.78, 5) is 25.0. The Bertz CT molecular complexity index is 520. The Morgan fingerprint density at radius 2 is 2.25 bits per heavy atom. The molecule has 110 valence electrons. The molecule has 1 rings (SSSR count). The van der Waals surface area contributed by atoms with E-state index in [1.807, 2.05) is 6.92 Å².